The van der Waals surface area contributed by atoms with Crippen molar-refractivity contribution in [3.05, 3.63) is 36.8 Å². The maximum atomic E-state index is 9.64. The van der Waals surface area contributed by atoms with Gasteiger partial charge in [-0.15, -0.1) is 5.10 Å². The van der Waals surface area contributed by atoms with Gasteiger partial charge in [-0.2, -0.15) is 10.1 Å². The summed E-state index contributed by atoms with van der Waals surface area (Å²) in [5, 5.41) is 17.9. The number of anilines is 2. The van der Waals surface area contributed by atoms with Crippen LogP contribution in [0, 0.1) is 5.92 Å². The van der Waals surface area contributed by atoms with Crippen LogP contribution in [0.5, 0.6) is 0 Å². The molecule has 158 valence electrons. The zero-order valence-corrected chi connectivity index (χ0v) is 17.4. The van der Waals surface area contributed by atoms with Crippen molar-refractivity contribution in [3.8, 4) is 11.3 Å². The summed E-state index contributed by atoms with van der Waals surface area (Å²) in [4.78, 5) is 8.53. The standard InChI is InChI=1S/C12H10N8.C9H18O/c13-11-10-7(2-5-20(10)18-12(14)17-11)8-3-6-19-9(16-8)1-4-15-19;1-9(2,10)8-6-4-3-5-7-8/h1-6H,(H4,13,14,17,18);8,10H,3-7H2,1-2H3. The molecular weight excluding hydrogens is 380 g/mol. The van der Waals surface area contributed by atoms with Crippen LogP contribution in [-0.2, 0) is 0 Å². The van der Waals surface area contributed by atoms with Gasteiger partial charge in [-0.1, -0.05) is 19.3 Å². The van der Waals surface area contributed by atoms with Gasteiger partial charge >= 0.3 is 0 Å². The predicted molar refractivity (Wildman–Crippen MR) is 117 cm³/mol. The second-order valence-corrected chi connectivity index (χ2v) is 8.31. The number of nitrogens with zero attached hydrogens (tertiary/aromatic N) is 6. The highest BCUT2D eigenvalue weighted by Crippen LogP contribution is 2.32. The average molecular weight is 409 g/mol. The summed E-state index contributed by atoms with van der Waals surface area (Å²) in [6.45, 7) is 3.87. The largest absolute Gasteiger partial charge is 0.390 e. The summed E-state index contributed by atoms with van der Waals surface area (Å²) < 4.78 is 3.30. The van der Waals surface area contributed by atoms with Crippen LogP contribution in [0.25, 0.3) is 22.4 Å². The van der Waals surface area contributed by atoms with E-state index in [0.717, 1.165) is 16.9 Å². The van der Waals surface area contributed by atoms with Crippen molar-refractivity contribution in [1.82, 2.24) is 29.2 Å². The molecule has 0 radical (unpaired) electrons. The first kappa shape index (κ1) is 20.1. The van der Waals surface area contributed by atoms with Gasteiger partial charge in [0.15, 0.2) is 11.5 Å². The molecule has 4 heterocycles. The molecule has 4 aromatic heterocycles. The van der Waals surface area contributed by atoms with Crippen LogP contribution in [0.4, 0.5) is 11.8 Å². The third kappa shape index (κ3) is 4.06. The van der Waals surface area contributed by atoms with E-state index in [4.69, 9.17) is 11.5 Å². The summed E-state index contributed by atoms with van der Waals surface area (Å²) in [7, 11) is 0. The van der Waals surface area contributed by atoms with Gasteiger partial charge in [-0.25, -0.2) is 14.0 Å². The first-order valence-corrected chi connectivity index (χ1v) is 10.3. The van der Waals surface area contributed by atoms with Crippen molar-refractivity contribution in [2.45, 2.75) is 51.6 Å². The number of rotatable bonds is 2. The van der Waals surface area contributed by atoms with Crippen molar-refractivity contribution in [1.29, 1.82) is 0 Å². The summed E-state index contributed by atoms with van der Waals surface area (Å²) in [5.74, 6) is 1.02. The lowest BCUT2D eigenvalue weighted by Crippen LogP contribution is -2.32. The molecule has 0 unspecified atom stereocenters. The molecule has 9 nitrogen and oxygen atoms in total. The van der Waals surface area contributed by atoms with E-state index in [-0.39, 0.29) is 5.95 Å². The first-order chi connectivity index (χ1) is 14.3. The molecule has 0 bridgehead atoms. The molecule has 0 spiro atoms. The van der Waals surface area contributed by atoms with E-state index in [2.05, 4.69) is 20.2 Å². The average Bonchev–Trinajstić information content (AvgIpc) is 3.34. The molecule has 0 aromatic carbocycles. The van der Waals surface area contributed by atoms with Crippen molar-refractivity contribution in [2.24, 2.45) is 5.92 Å². The van der Waals surface area contributed by atoms with Gasteiger partial charge in [-0.05, 0) is 44.7 Å². The zero-order valence-electron chi connectivity index (χ0n) is 17.4. The Labute approximate surface area is 174 Å². The second-order valence-electron chi connectivity index (χ2n) is 8.31. The van der Waals surface area contributed by atoms with E-state index >= 15 is 0 Å². The number of aliphatic hydroxyl groups is 1. The van der Waals surface area contributed by atoms with Crippen molar-refractivity contribution in [3.63, 3.8) is 0 Å². The Hall–Kier alpha value is -3.20. The molecule has 0 amide bonds. The number of hydrogen-bond donors (Lipinski definition) is 3. The van der Waals surface area contributed by atoms with Crippen LogP contribution in [-0.4, -0.2) is 39.9 Å². The molecule has 5 N–H and O–H groups in total. The minimum Gasteiger partial charge on any atom is -0.390 e. The zero-order chi connectivity index (χ0) is 21.3. The second kappa shape index (κ2) is 7.91. The van der Waals surface area contributed by atoms with Gasteiger partial charge in [0.2, 0.25) is 5.95 Å². The monoisotopic (exact) mass is 408 g/mol. The van der Waals surface area contributed by atoms with Gasteiger partial charge < -0.3 is 16.6 Å². The number of nitrogens with two attached hydrogens (primary N) is 2. The van der Waals surface area contributed by atoms with Crippen molar-refractivity contribution in [2.75, 3.05) is 11.5 Å². The van der Waals surface area contributed by atoms with E-state index in [0.29, 0.717) is 17.3 Å². The molecule has 1 aliphatic rings. The van der Waals surface area contributed by atoms with Gasteiger partial charge in [-0.3, -0.25) is 0 Å². The lowest BCUT2D eigenvalue weighted by molar-refractivity contribution is 0.000834. The molecule has 1 aliphatic carbocycles. The topological polar surface area (TPSA) is 133 Å². The molecule has 5 rings (SSSR count). The quantitative estimate of drug-likeness (QED) is 0.464. The molecule has 1 saturated carbocycles. The number of nitrogen functional groups attached to an aromatic ring is 2. The van der Waals surface area contributed by atoms with Crippen LogP contribution < -0.4 is 11.5 Å². The van der Waals surface area contributed by atoms with Gasteiger partial charge in [0, 0.05) is 24.0 Å². The van der Waals surface area contributed by atoms with Crippen molar-refractivity contribution >= 4 is 22.9 Å². The van der Waals surface area contributed by atoms with Crippen LogP contribution >= 0.6 is 0 Å². The Kier molecular flexibility index (Phi) is 5.29. The summed E-state index contributed by atoms with van der Waals surface area (Å²) in [5.41, 5.74) is 14.2. The van der Waals surface area contributed by atoms with E-state index in [1.807, 2.05) is 38.2 Å². The molecule has 1 fully saturated rings. The van der Waals surface area contributed by atoms with Gasteiger partial charge in [0.05, 0.1) is 17.5 Å². The molecule has 30 heavy (non-hydrogen) atoms. The third-order valence-corrected chi connectivity index (χ3v) is 5.69. The maximum absolute atomic E-state index is 9.64. The Bertz CT molecular complexity index is 1150. The molecule has 0 aliphatic heterocycles. The number of hydrogen-bond acceptors (Lipinski definition) is 7. The smallest absolute Gasteiger partial charge is 0.240 e. The Morgan fingerprint density at radius 3 is 2.43 bits per heavy atom. The maximum Gasteiger partial charge on any atom is 0.240 e. The fraction of sp³-hybridized carbons (Fsp3) is 0.429. The SMILES string of the molecule is CC(C)(O)C1CCCCC1.Nc1nc(N)c2c(-c3ccn4nccc4n3)ccn2n1. The van der Waals surface area contributed by atoms with E-state index in [1.165, 1.54) is 32.1 Å². The summed E-state index contributed by atoms with van der Waals surface area (Å²) >= 11 is 0. The lowest BCUT2D eigenvalue weighted by Gasteiger charge is -2.32. The number of aromatic nitrogens is 6. The van der Waals surface area contributed by atoms with Crippen LogP contribution in [0.15, 0.2) is 36.8 Å². The fourth-order valence-corrected chi connectivity index (χ4v) is 4.05. The normalized spacial score (nSPS) is 15.3. The highest BCUT2D eigenvalue weighted by molar-refractivity contribution is 5.86. The van der Waals surface area contributed by atoms with Gasteiger partial charge in [0.1, 0.15) is 5.52 Å². The molecule has 4 aromatic rings. The van der Waals surface area contributed by atoms with E-state index < -0.39 is 5.60 Å². The lowest BCUT2D eigenvalue weighted by atomic mass is 9.79. The van der Waals surface area contributed by atoms with E-state index in [1.54, 1.807) is 21.4 Å². The van der Waals surface area contributed by atoms with Crippen LogP contribution in [0.1, 0.15) is 46.0 Å². The predicted octanol–water partition coefficient (Wildman–Crippen LogP) is 2.94. The highest BCUT2D eigenvalue weighted by Gasteiger charge is 2.27. The summed E-state index contributed by atoms with van der Waals surface area (Å²) in [6, 6.07) is 5.58. The Morgan fingerprint density at radius 1 is 1.00 bits per heavy atom. The van der Waals surface area contributed by atoms with Crippen LogP contribution in [0.3, 0.4) is 0 Å². The van der Waals surface area contributed by atoms with E-state index in [9.17, 15) is 5.11 Å². The Morgan fingerprint density at radius 2 is 1.73 bits per heavy atom. The minimum absolute atomic E-state index is 0.136. The Balaban J connectivity index is 0.000000185. The summed E-state index contributed by atoms with van der Waals surface area (Å²) in [6.07, 6.45) is 11.8. The molecule has 0 atom stereocenters. The first-order valence-electron chi connectivity index (χ1n) is 10.3. The van der Waals surface area contributed by atoms with Gasteiger partial charge in [0.25, 0.3) is 0 Å². The molecule has 0 saturated heterocycles. The highest BCUT2D eigenvalue weighted by atomic mass is 16.3. The van der Waals surface area contributed by atoms with Crippen molar-refractivity contribution < 1.29 is 5.11 Å². The molecular formula is C21H28N8O. The molecule has 9 heteroatoms. The minimum atomic E-state index is -0.430. The van der Waals surface area contributed by atoms with Crippen LogP contribution in [0.2, 0.25) is 0 Å². The number of fused-ring (bicyclic) bond motifs is 2. The third-order valence-electron chi connectivity index (χ3n) is 5.69. The fourth-order valence-electron chi connectivity index (χ4n) is 4.05.